The summed E-state index contributed by atoms with van der Waals surface area (Å²) in [6, 6.07) is 8.49. The zero-order chi connectivity index (χ0) is 28.5. The molecule has 1 N–H and O–H groups in total. The van der Waals surface area contributed by atoms with Crippen LogP contribution in [0.3, 0.4) is 0 Å². The van der Waals surface area contributed by atoms with Crippen LogP contribution in [-0.4, -0.2) is 86.0 Å². The molecule has 7 rings (SSSR count). The van der Waals surface area contributed by atoms with Crippen LogP contribution in [-0.2, 0) is 14.8 Å². The fourth-order valence-electron chi connectivity index (χ4n) is 6.52. The molecule has 1 amide bonds. The number of benzene rings is 1. The number of carbonyl (C=O) groups excluding carboxylic acids is 1. The van der Waals surface area contributed by atoms with Gasteiger partial charge < -0.3 is 19.4 Å². The third-order valence-corrected chi connectivity index (χ3v) is 9.43. The Hall–Kier alpha value is -3.09. The van der Waals surface area contributed by atoms with Gasteiger partial charge in [-0.25, -0.2) is 13.4 Å². The Kier molecular flexibility index (Phi) is 6.36. The molecule has 4 aliphatic rings. The lowest BCUT2D eigenvalue weighted by atomic mass is 9.78. The summed E-state index contributed by atoms with van der Waals surface area (Å²) in [5.74, 6) is 2.33. The predicted octanol–water partition coefficient (Wildman–Crippen LogP) is 3.41. The Morgan fingerprint density at radius 3 is 2.59 bits per heavy atom. The Balaban J connectivity index is 1.24. The minimum Gasteiger partial charge on any atom is -0.380 e. The standard InChI is InChI=1S/C28H34ClN7O4S/c1-18-12-33(13-18)24-11-26(34-14-28(15-34)16-40-17-28)36-25(30-24)10-22(31-36)23-5-3-4-8-35(23)27(37)20-9-19(29)6-7-21(20)32-41(2,38)39/h6-7,9-11,18,23,32H,3-5,8,12-17H2,1-2H3/t23-/m0/s1. The van der Waals surface area contributed by atoms with Gasteiger partial charge in [-0.2, -0.15) is 9.61 Å². The maximum Gasteiger partial charge on any atom is 0.256 e. The first kappa shape index (κ1) is 26.8. The number of likely N-dealkylation sites (tertiary alicyclic amines) is 1. The van der Waals surface area contributed by atoms with Gasteiger partial charge in [-0.15, -0.1) is 0 Å². The quantitative estimate of drug-likeness (QED) is 0.459. The number of sulfonamides is 1. The Labute approximate surface area is 244 Å². The van der Waals surface area contributed by atoms with E-state index in [4.69, 9.17) is 26.4 Å². The summed E-state index contributed by atoms with van der Waals surface area (Å²) in [4.78, 5) is 25.4. The summed E-state index contributed by atoms with van der Waals surface area (Å²) >= 11 is 6.26. The molecule has 6 heterocycles. The summed E-state index contributed by atoms with van der Waals surface area (Å²) in [6.07, 6.45) is 3.62. The molecule has 41 heavy (non-hydrogen) atoms. The number of aromatic nitrogens is 3. The number of hydrogen-bond donors (Lipinski definition) is 1. The number of halogens is 1. The molecule has 1 aromatic carbocycles. The number of nitrogens with one attached hydrogen (secondary N) is 1. The molecule has 0 unspecified atom stereocenters. The molecular weight excluding hydrogens is 566 g/mol. The zero-order valence-electron chi connectivity index (χ0n) is 23.2. The normalized spacial score (nSPS) is 22.4. The maximum atomic E-state index is 14.0. The number of rotatable bonds is 6. The number of piperidine rings is 1. The molecule has 0 bridgehead atoms. The van der Waals surface area contributed by atoms with Gasteiger partial charge in [-0.05, 0) is 43.4 Å². The first-order valence-electron chi connectivity index (χ1n) is 14.1. The fraction of sp³-hybridized carbons (Fsp3) is 0.536. The van der Waals surface area contributed by atoms with Crippen LogP contribution >= 0.6 is 11.6 Å². The van der Waals surface area contributed by atoms with E-state index >= 15 is 0 Å². The molecule has 4 saturated heterocycles. The van der Waals surface area contributed by atoms with E-state index in [0.29, 0.717) is 17.5 Å². The first-order valence-corrected chi connectivity index (χ1v) is 16.4. The minimum atomic E-state index is -3.59. The van der Waals surface area contributed by atoms with Crippen molar-refractivity contribution in [3.8, 4) is 0 Å². The van der Waals surface area contributed by atoms with Crippen LogP contribution in [0.1, 0.15) is 48.3 Å². The van der Waals surface area contributed by atoms with E-state index in [-0.39, 0.29) is 28.6 Å². The third-order valence-electron chi connectivity index (χ3n) is 8.61. The molecule has 4 aliphatic heterocycles. The first-order chi connectivity index (χ1) is 19.6. The predicted molar refractivity (Wildman–Crippen MR) is 157 cm³/mol. The molecule has 0 radical (unpaired) electrons. The average molecular weight is 600 g/mol. The molecule has 218 valence electrons. The van der Waals surface area contributed by atoms with Crippen molar-refractivity contribution in [1.29, 1.82) is 0 Å². The van der Waals surface area contributed by atoms with Gasteiger partial charge >= 0.3 is 0 Å². The average Bonchev–Trinajstić information content (AvgIpc) is 3.29. The summed E-state index contributed by atoms with van der Waals surface area (Å²) in [5, 5.41) is 5.41. The van der Waals surface area contributed by atoms with E-state index in [1.165, 1.54) is 12.1 Å². The molecule has 11 nitrogen and oxygen atoms in total. The lowest BCUT2D eigenvalue weighted by Crippen LogP contribution is -2.66. The van der Waals surface area contributed by atoms with Crippen molar-refractivity contribution >= 4 is 50.5 Å². The smallest absolute Gasteiger partial charge is 0.256 e. The maximum absolute atomic E-state index is 14.0. The van der Waals surface area contributed by atoms with Gasteiger partial charge in [0.15, 0.2) is 5.65 Å². The van der Waals surface area contributed by atoms with Gasteiger partial charge in [0.1, 0.15) is 11.6 Å². The van der Waals surface area contributed by atoms with Crippen molar-refractivity contribution in [3.05, 3.63) is 46.6 Å². The highest BCUT2D eigenvalue weighted by molar-refractivity contribution is 7.92. The summed E-state index contributed by atoms with van der Waals surface area (Å²) in [7, 11) is -3.59. The SMILES string of the molecule is CC1CN(c2cc(N3CC4(COC4)C3)n3nc([C@@H]4CCCCN4C(=O)c4cc(Cl)ccc4NS(C)(=O)=O)cc3n2)C1. The number of anilines is 3. The van der Waals surface area contributed by atoms with E-state index in [2.05, 4.69) is 27.5 Å². The van der Waals surface area contributed by atoms with Crippen LogP contribution in [0.15, 0.2) is 30.3 Å². The van der Waals surface area contributed by atoms with Crippen molar-refractivity contribution in [2.24, 2.45) is 11.3 Å². The molecule has 0 aliphatic carbocycles. The minimum absolute atomic E-state index is 0.213. The lowest BCUT2D eigenvalue weighted by Gasteiger charge is -2.55. The number of fused-ring (bicyclic) bond motifs is 1. The van der Waals surface area contributed by atoms with E-state index in [9.17, 15) is 13.2 Å². The molecule has 3 aromatic rings. The number of carbonyl (C=O) groups is 1. The second-order valence-corrected chi connectivity index (χ2v) is 14.4. The highest BCUT2D eigenvalue weighted by Crippen LogP contribution is 2.42. The highest BCUT2D eigenvalue weighted by Gasteiger charge is 2.50. The third kappa shape index (κ3) is 4.89. The van der Waals surface area contributed by atoms with Crippen molar-refractivity contribution in [1.82, 2.24) is 19.5 Å². The van der Waals surface area contributed by atoms with Crippen molar-refractivity contribution < 1.29 is 17.9 Å². The summed E-state index contributed by atoms with van der Waals surface area (Å²) in [5.41, 5.74) is 2.23. The Morgan fingerprint density at radius 2 is 1.90 bits per heavy atom. The molecule has 13 heteroatoms. The molecule has 4 fully saturated rings. The van der Waals surface area contributed by atoms with Crippen molar-refractivity contribution in [2.45, 2.75) is 32.2 Å². The summed E-state index contributed by atoms with van der Waals surface area (Å²) in [6.45, 7) is 8.20. The van der Waals surface area contributed by atoms with Crippen LogP contribution in [0.25, 0.3) is 5.65 Å². The Morgan fingerprint density at radius 1 is 1.12 bits per heavy atom. The van der Waals surface area contributed by atoms with Gasteiger partial charge in [0.05, 0.1) is 47.9 Å². The molecular formula is C28H34ClN7O4S. The van der Waals surface area contributed by atoms with Gasteiger partial charge in [0, 0.05) is 49.9 Å². The molecule has 2 aromatic heterocycles. The monoisotopic (exact) mass is 599 g/mol. The molecule has 1 atom stereocenters. The number of nitrogens with zero attached hydrogens (tertiary/aromatic N) is 6. The van der Waals surface area contributed by atoms with E-state index < -0.39 is 10.0 Å². The van der Waals surface area contributed by atoms with Crippen molar-refractivity contribution in [2.75, 3.05) is 66.7 Å². The summed E-state index contributed by atoms with van der Waals surface area (Å²) < 4.78 is 33.9. The van der Waals surface area contributed by atoms with Crippen LogP contribution in [0, 0.1) is 11.3 Å². The van der Waals surface area contributed by atoms with Gasteiger partial charge in [-0.1, -0.05) is 18.5 Å². The van der Waals surface area contributed by atoms with Crippen LogP contribution in [0.2, 0.25) is 5.02 Å². The van der Waals surface area contributed by atoms with E-state index in [0.717, 1.165) is 87.9 Å². The van der Waals surface area contributed by atoms with Crippen molar-refractivity contribution in [3.63, 3.8) is 0 Å². The van der Waals surface area contributed by atoms with Crippen LogP contribution in [0.4, 0.5) is 17.3 Å². The van der Waals surface area contributed by atoms with Gasteiger partial charge in [0.25, 0.3) is 5.91 Å². The van der Waals surface area contributed by atoms with Crippen LogP contribution in [0.5, 0.6) is 0 Å². The van der Waals surface area contributed by atoms with Gasteiger partial charge in [0.2, 0.25) is 10.0 Å². The zero-order valence-corrected chi connectivity index (χ0v) is 24.8. The van der Waals surface area contributed by atoms with Crippen LogP contribution < -0.4 is 14.5 Å². The topological polar surface area (TPSA) is 112 Å². The van der Waals surface area contributed by atoms with E-state index in [1.54, 1.807) is 11.0 Å². The van der Waals surface area contributed by atoms with E-state index in [1.807, 2.05) is 10.6 Å². The largest absolute Gasteiger partial charge is 0.380 e. The van der Waals surface area contributed by atoms with Gasteiger partial charge in [-0.3, -0.25) is 9.52 Å². The fourth-order valence-corrected chi connectivity index (χ4v) is 7.27. The lowest BCUT2D eigenvalue weighted by molar-refractivity contribution is -0.127. The highest BCUT2D eigenvalue weighted by atomic mass is 35.5. The Bertz CT molecular complexity index is 1630. The molecule has 1 spiro atoms. The second kappa shape index (κ2) is 9.74. The number of ether oxygens (including phenoxy) is 1. The number of hydrogen-bond acceptors (Lipinski definition) is 8. The molecule has 0 saturated carbocycles. The number of amides is 1. The second-order valence-electron chi connectivity index (χ2n) is 12.2.